The predicted molar refractivity (Wildman–Crippen MR) is 88.0 cm³/mol. The average molecular weight is 314 g/mol. The number of hydrogen-bond acceptors (Lipinski definition) is 4. The number of rotatable bonds is 6. The Labute approximate surface area is 135 Å². The highest BCUT2D eigenvalue weighted by Gasteiger charge is 2.13. The Hall–Kier alpha value is -2.50. The number of aromatic nitrogens is 3. The molecule has 0 aliphatic rings. The third kappa shape index (κ3) is 4.48. The summed E-state index contributed by atoms with van der Waals surface area (Å²) < 4.78 is 1.53. The van der Waals surface area contributed by atoms with E-state index < -0.39 is 0 Å². The van der Waals surface area contributed by atoms with E-state index in [-0.39, 0.29) is 24.1 Å². The average Bonchev–Trinajstić information content (AvgIpc) is 2.52. The molecule has 6 nitrogen and oxygen atoms in total. The second-order valence-corrected chi connectivity index (χ2v) is 5.54. The number of aryl methyl sites for hydroxylation is 2. The van der Waals surface area contributed by atoms with Crippen LogP contribution in [0, 0.1) is 13.8 Å². The smallest absolute Gasteiger partial charge is 0.347 e. The SMILES string of the molecule is CC[C@H](NC(=O)CCn1c(C)cc(C)nc1=O)c1cccnc1. The molecule has 0 spiro atoms. The van der Waals surface area contributed by atoms with Crippen LogP contribution in [0.15, 0.2) is 35.4 Å². The molecule has 6 heteroatoms. The van der Waals surface area contributed by atoms with Crippen molar-refractivity contribution in [2.24, 2.45) is 0 Å². The minimum atomic E-state index is -0.311. The van der Waals surface area contributed by atoms with Gasteiger partial charge in [-0.25, -0.2) is 4.79 Å². The number of amides is 1. The summed E-state index contributed by atoms with van der Waals surface area (Å²) in [5.74, 6) is -0.0902. The zero-order valence-corrected chi connectivity index (χ0v) is 13.7. The number of carbonyl (C=O) groups is 1. The Morgan fingerprint density at radius 2 is 2.17 bits per heavy atom. The first-order valence-electron chi connectivity index (χ1n) is 7.75. The van der Waals surface area contributed by atoms with Gasteiger partial charge in [-0.1, -0.05) is 13.0 Å². The van der Waals surface area contributed by atoms with Gasteiger partial charge in [-0.15, -0.1) is 0 Å². The normalized spacial score (nSPS) is 12.0. The van der Waals surface area contributed by atoms with Crippen LogP contribution in [0.25, 0.3) is 0 Å². The lowest BCUT2D eigenvalue weighted by molar-refractivity contribution is -0.122. The van der Waals surface area contributed by atoms with Crippen molar-refractivity contribution in [3.05, 3.63) is 58.0 Å². The third-order valence-corrected chi connectivity index (χ3v) is 3.74. The number of pyridine rings is 1. The number of carbonyl (C=O) groups excluding carboxylic acids is 1. The molecule has 0 saturated heterocycles. The van der Waals surface area contributed by atoms with Crippen LogP contribution in [0.1, 0.15) is 42.8 Å². The highest BCUT2D eigenvalue weighted by atomic mass is 16.2. The molecule has 1 amide bonds. The van der Waals surface area contributed by atoms with Crippen LogP contribution in [0.3, 0.4) is 0 Å². The predicted octanol–water partition coefficient (Wildman–Crippen LogP) is 1.91. The lowest BCUT2D eigenvalue weighted by Gasteiger charge is -2.17. The minimum Gasteiger partial charge on any atom is -0.349 e. The molecule has 1 atom stereocenters. The fourth-order valence-electron chi connectivity index (χ4n) is 2.53. The standard InChI is InChI=1S/C17H22N4O2/c1-4-15(14-6-5-8-18-11-14)20-16(22)7-9-21-13(3)10-12(2)19-17(21)23/h5-6,8,10-11,15H,4,7,9H2,1-3H3,(H,20,22)/t15-/m0/s1. The van der Waals surface area contributed by atoms with Gasteiger partial charge in [-0.05, 0) is 38.0 Å². The first kappa shape index (κ1) is 16.9. The Morgan fingerprint density at radius 1 is 1.39 bits per heavy atom. The molecule has 0 aliphatic carbocycles. The molecule has 2 aromatic heterocycles. The van der Waals surface area contributed by atoms with Crippen LogP contribution in [0.2, 0.25) is 0 Å². The number of nitrogens with zero attached hydrogens (tertiary/aromatic N) is 3. The molecule has 0 aromatic carbocycles. The van der Waals surface area contributed by atoms with Crippen molar-refractivity contribution in [1.29, 1.82) is 0 Å². The first-order chi connectivity index (χ1) is 11.0. The quantitative estimate of drug-likeness (QED) is 0.883. The summed E-state index contributed by atoms with van der Waals surface area (Å²) in [5, 5.41) is 2.99. The third-order valence-electron chi connectivity index (χ3n) is 3.74. The summed E-state index contributed by atoms with van der Waals surface area (Å²) in [4.78, 5) is 32.1. The lowest BCUT2D eigenvalue weighted by Crippen LogP contribution is -2.32. The maximum Gasteiger partial charge on any atom is 0.347 e. The van der Waals surface area contributed by atoms with Gasteiger partial charge in [0, 0.05) is 36.7 Å². The Kier molecular flexibility index (Phi) is 5.62. The van der Waals surface area contributed by atoms with Gasteiger partial charge in [-0.2, -0.15) is 4.98 Å². The summed E-state index contributed by atoms with van der Waals surface area (Å²) in [6.45, 7) is 5.97. The van der Waals surface area contributed by atoms with E-state index in [0.29, 0.717) is 12.2 Å². The molecule has 122 valence electrons. The maximum atomic E-state index is 12.2. The topological polar surface area (TPSA) is 76.9 Å². The second-order valence-electron chi connectivity index (χ2n) is 5.54. The van der Waals surface area contributed by atoms with Crippen molar-refractivity contribution >= 4 is 5.91 Å². The van der Waals surface area contributed by atoms with Crippen LogP contribution < -0.4 is 11.0 Å². The van der Waals surface area contributed by atoms with Crippen LogP contribution in [-0.2, 0) is 11.3 Å². The van der Waals surface area contributed by atoms with Gasteiger partial charge in [0.1, 0.15) is 0 Å². The van der Waals surface area contributed by atoms with E-state index in [9.17, 15) is 9.59 Å². The van der Waals surface area contributed by atoms with E-state index in [0.717, 1.165) is 17.7 Å². The van der Waals surface area contributed by atoms with E-state index in [1.165, 1.54) is 4.57 Å². The van der Waals surface area contributed by atoms with Crippen molar-refractivity contribution in [1.82, 2.24) is 19.9 Å². The van der Waals surface area contributed by atoms with Gasteiger partial charge >= 0.3 is 5.69 Å². The Balaban J connectivity index is 1.99. The molecular weight excluding hydrogens is 292 g/mol. The monoisotopic (exact) mass is 314 g/mol. The molecule has 23 heavy (non-hydrogen) atoms. The van der Waals surface area contributed by atoms with E-state index in [4.69, 9.17) is 0 Å². The van der Waals surface area contributed by atoms with Gasteiger partial charge in [0.05, 0.1) is 6.04 Å². The molecule has 0 radical (unpaired) electrons. The fourth-order valence-corrected chi connectivity index (χ4v) is 2.53. The van der Waals surface area contributed by atoms with E-state index >= 15 is 0 Å². The van der Waals surface area contributed by atoms with Gasteiger partial charge in [0.15, 0.2) is 0 Å². The lowest BCUT2D eigenvalue weighted by atomic mass is 10.1. The Morgan fingerprint density at radius 3 is 2.78 bits per heavy atom. The van der Waals surface area contributed by atoms with Crippen molar-refractivity contribution in [3.63, 3.8) is 0 Å². The van der Waals surface area contributed by atoms with Crippen molar-refractivity contribution in [2.75, 3.05) is 0 Å². The zero-order valence-electron chi connectivity index (χ0n) is 13.7. The summed E-state index contributed by atoms with van der Waals surface area (Å²) in [6.07, 6.45) is 4.48. The van der Waals surface area contributed by atoms with Crippen molar-refractivity contribution in [3.8, 4) is 0 Å². The van der Waals surface area contributed by atoms with Gasteiger partial charge in [0.2, 0.25) is 5.91 Å². The second kappa shape index (κ2) is 7.67. The molecule has 0 aliphatic heterocycles. The van der Waals surface area contributed by atoms with Crippen molar-refractivity contribution < 1.29 is 4.79 Å². The largest absolute Gasteiger partial charge is 0.349 e. The fraction of sp³-hybridized carbons (Fsp3) is 0.412. The van der Waals surface area contributed by atoms with E-state index in [1.807, 2.05) is 32.0 Å². The van der Waals surface area contributed by atoms with Crippen LogP contribution >= 0.6 is 0 Å². The molecule has 2 rings (SSSR count). The van der Waals surface area contributed by atoms with E-state index in [1.54, 1.807) is 19.3 Å². The zero-order chi connectivity index (χ0) is 16.8. The molecule has 2 heterocycles. The van der Waals surface area contributed by atoms with Crippen molar-refractivity contribution in [2.45, 2.75) is 46.2 Å². The van der Waals surface area contributed by atoms with Gasteiger partial charge < -0.3 is 5.32 Å². The van der Waals surface area contributed by atoms with Crippen LogP contribution in [0.4, 0.5) is 0 Å². The summed E-state index contributed by atoms with van der Waals surface area (Å²) in [7, 11) is 0. The summed E-state index contributed by atoms with van der Waals surface area (Å²) in [5.41, 5.74) is 2.17. The van der Waals surface area contributed by atoms with Gasteiger partial charge in [-0.3, -0.25) is 14.3 Å². The van der Waals surface area contributed by atoms with Gasteiger partial charge in [0.25, 0.3) is 0 Å². The molecule has 0 saturated carbocycles. The van der Waals surface area contributed by atoms with Crippen LogP contribution in [-0.4, -0.2) is 20.4 Å². The molecule has 0 unspecified atom stereocenters. The number of hydrogen-bond donors (Lipinski definition) is 1. The number of nitrogens with one attached hydrogen (secondary N) is 1. The van der Waals surface area contributed by atoms with E-state index in [2.05, 4.69) is 15.3 Å². The summed E-state index contributed by atoms with van der Waals surface area (Å²) in [6, 6.07) is 5.57. The molecule has 0 bridgehead atoms. The first-order valence-corrected chi connectivity index (χ1v) is 7.75. The molecular formula is C17H22N4O2. The maximum absolute atomic E-state index is 12.2. The minimum absolute atomic E-state index is 0.0647. The summed E-state index contributed by atoms with van der Waals surface area (Å²) >= 11 is 0. The highest BCUT2D eigenvalue weighted by molar-refractivity contribution is 5.76. The molecule has 1 N–H and O–H groups in total. The Bertz CT molecular complexity index is 725. The molecule has 2 aromatic rings. The highest BCUT2D eigenvalue weighted by Crippen LogP contribution is 2.15. The molecule has 0 fully saturated rings. The van der Waals surface area contributed by atoms with Crippen LogP contribution in [0.5, 0.6) is 0 Å².